The van der Waals surface area contributed by atoms with Crippen molar-refractivity contribution in [1.82, 2.24) is 0 Å². The highest BCUT2D eigenvalue weighted by molar-refractivity contribution is 5.74. The number of carboxylic acid groups (broad SMARTS) is 2. The van der Waals surface area contributed by atoms with Gasteiger partial charge in [0.2, 0.25) is 0 Å². The first-order valence-electron chi connectivity index (χ1n) is 4.70. The zero-order valence-corrected chi connectivity index (χ0v) is 8.56. The number of hydrogen-bond donors (Lipinski definition) is 2. The molecule has 15 heavy (non-hydrogen) atoms. The van der Waals surface area contributed by atoms with Crippen LogP contribution in [0.2, 0.25) is 0 Å². The van der Waals surface area contributed by atoms with E-state index < -0.39 is 23.8 Å². The lowest BCUT2D eigenvalue weighted by atomic mass is 9.90. The van der Waals surface area contributed by atoms with Crippen molar-refractivity contribution in [3.05, 3.63) is 25.3 Å². The van der Waals surface area contributed by atoms with E-state index in [9.17, 15) is 9.59 Å². The third-order valence-corrected chi connectivity index (χ3v) is 2.17. The van der Waals surface area contributed by atoms with Gasteiger partial charge in [-0.3, -0.25) is 9.59 Å². The topological polar surface area (TPSA) is 74.6 Å². The lowest BCUT2D eigenvalue weighted by molar-refractivity contribution is -0.145. The van der Waals surface area contributed by atoms with E-state index in [-0.39, 0.29) is 19.3 Å². The van der Waals surface area contributed by atoms with Crippen molar-refractivity contribution in [2.24, 2.45) is 11.8 Å². The van der Waals surface area contributed by atoms with Gasteiger partial charge in [-0.25, -0.2) is 0 Å². The molecule has 0 heterocycles. The number of carbonyl (C=O) groups is 2. The van der Waals surface area contributed by atoms with Gasteiger partial charge < -0.3 is 10.2 Å². The van der Waals surface area contributed by atoms with Crippen LogP contribution in [-0.2, 0) is 9.59 Å². The summed E-state index contributed by atoms with van der Waals surface area (Å²) in [6.07, 6.45) is 3.67. The van der Waals surface area contributed by atoms with E-state index in [2.05, 4.69) is 13.2 Å². The Hall–Kier alpha value is -1.58. The number of allylic oxidation sites excluding steroid dienone is 2. The third kappa shape index (κ3) is 5.00. The summed E-state index contributed by atoms with van der Waals surface area (Å²) in [6.45, 7) is 6.90. The van der Waals surface area contributed by atoms with Gasteiger partial charge in [0.15, 0.2) is 0 Å². The normalized spacial score (nSPS) is 13.9. The smallest absolute Gasteiger partial charge is 0.306 e. The first-order chi connectivity index (χ1) is 7.02. The van der Waals surface area contributed by atoms with Crippen molar-refractivity contribution >= 4 is 11.9 Å². The van der Waals surface area contributed by atoms with Gasteiger partial charge in [-0.15, -0.1) is 13.2 Å². The summed E-state index contributed by atoms with van der Waals surface area (Å²) in [5, 5.41) is 17.7. The standard InChI is InChI=1S/C11H16O4/c1-3-5-8(10(12)13)7-9(6-4-2)11(14)15/h3-4,8-9H,1-2,5-7H2,(H,12,13)(H,14,15). The van der Waals surface area contributed by atoms with Crippen LogP contribution in [0, 0.1) is 11.8 Å². The van der Waals surface area contributed by atoms with Gasteiger partial charge in [-0.05, 0) is 19.3 Å². The number of hydrogen-bond acceptors (Lipinski definition) is 2. The summed E-state index contributed by atoms with van der Waals surface area (Å²) >= 11 is 0. The molecule has 0 radical (unpaired) electrons. The van der Waals surface area contributed by atoms with Crippen LogP contribution in [-0.4, -0.2) is 22.2 Å². The molecule has 2 atom stereocenters. The van der Waals surface area contributed by atoms with Crippen molar-refractivity contribution in [2.45, 2.75) is 19.3 Å². The highest BCUT2D eigenvalue weighted by Crippen LogP contribution is 2.20. The van der Waals surface area contributed by atoms with Gasteiger partial charge in [0.05, 0.1) is 11.8 Å². The first kappa shape index (κ1) is 13.4. The van der Waals surface area contributed by atoms with Crippen molar-refractivity contribution in [3.63, 3.8) is 0 Å². The SMILES string of the molecule is C=CCC(CC(CC=C)C(=O)O)C(=O)O. The van der Waals surface area contributed by atoms with Crippen LogP contribution in [0.1, 0.15) is 19.3 Å². The predicted octanol–water partition coefficient (Wildman–Crippen LogP) is 1.93. The number of carboxylic acids is 2. The highest BCUT2D eigenvalue weighted by Gasteiger charge is 2.25. The molecule has 2 N–H and O–H groups in total. The maximum Gasteiger partial charge on any atom is 0.306 e. The Labute approximate surface area is 88.9 Å². The minimum atomic E-state index is -0.981. The van der Waals surface area contributed by atoms with Crippen LogP contribution in [0.5, 0.6) is 0 Å². The molecular weight excluding hydrogens is 196 g/mol. The molecule has 0 saturated carbocycles. The molecule has 2 unspecified atom stereocenters. The lowest BCUT2D eigenvalue weighted by Gasteiger charge is -2.15. The van der Waals surface area contributed by atoms with Crippen molar-refractivity contribution in [2.75, 3.05) is 0 Å². The van der Waals surface area contributed by atoms with Gasteiger partial charge in [0, 0.05) is 0 Å². The Balaban J connectivity index is 4.44. The average molecular weight is 212 g/mol. The molecule has 0 aromatic rings. The summed E-state index contributed by atoms with van der Waals surface area (Å²) < 4.78 is 0. The Bertz CT molecular complexity index is 231. The van der Waals surface area contributed by atoms with Crippen LogP contribution in [0.3, 0.4) is 0 Å². The Morgan fingerprint density at radius 3 is 1.53 bits per heavy atom. The molecule has 0 aliphatic carbocycles. The molecule has 4 nitrogen and oxygen atoms in total. The molecule has 0 aromatic carbocycles. The van der Waals surface area contributed by atoms with Crippen molar-refractivity contribution in [3.8, 4) is 0 Å². The summed E-state index contributed by atoms with van der Waals surface area (Å²) in [5.41, 5.74) is 0. The van der Waals surface area contributed by atoms with Gasteiger partial charge >= 0.3 is 11.9 Å². The molecule has 0 saturated heterocycles. The van der Waals surface area contributed by atoms with Crippen molar-refractivity contribution in [1.29, 1.82) is 0 Å². The van der Waals surface area contributed by atoms with E-state index in [1.54, 1.807) is 0 Å². The van der Waals surface area contributed by atoms with E-state index in [4.69, 9.17) is 10.2 Å². The van der Waals surface area contributed by atoms with Crippen LogP contribution >= 0.6 is 0 Å². The van der Waals surface area contributed by atoms with Gasteiger partial charge in [-0.1, -0.05) is 12.2 Å². The Kier molecular flexibility index (Phi) is 6.09. The second-order valence-corrected chi connectivity index (χ2v) is 3.35. The van der Waals surface area contributed by atoms with E-state index in [1.807, 2.05) is 0 Å². The molecule has 0 aromatic heterocycles. The van der Waals surface area contributed by atoms with Crippen LogP contribution in [0.15, 0.2) is 25.3 Å². The predicted molar refractivity (Wildman–Crippen MR) is 56.5 cm³/mol. The summed E-state index contributed by atoms with van der Waals surface area (Å²) in [5.74, 6) is -3.32. The molecule has 0 aliphatic heterocycles. The van der Waals surface area contributed by atoms with E-state index >= 15 is 0 Å². The van der Waals surface area contributed by atoms with Gasteiger partial charge in [-0.2, -0.15) is 0 Å². The second-order valence-electron chi connectivity index (χ2n) is 3.35. The molecular formula is C11H16O4. The largest absolute Gasteiger partial charge is 0.481 e. The van der Waals surface area contributed by atoms with Gasteiger partial charge in [0.1, 0.15) is 0 Å². The molecule has 84 valence electrons. The minimum Gasteiger partial charge on any atom is -0.481 e. The van der Waals surface area contributed by atoms with E-state index in [1.165, 1.54) is 12.2 Å². The summed E-state index contributed by atoms with van der Waals surface area (Å²) in [4.78, 5) is 21.6. The zero-order chi connectivity index (χ0) is 11.8. The fourth-order valence-electron chi connectivity index (χ4n) is 1.34. The van der Waals surface area contributed by atoms with Crippen molar-refractivity contribution < 1.29 is 19.8 Å². The number of aliphatic carboxylic acids is 2. The summed E-state index contributed by atoms with van der Waals surface area (Å²) in [6, 6.07) is 0. The fourth-order valence-corrected chi connectivity index (χ4v) is 1.34. The molecule has 0 fully saturated rings. The second kappa shape index (κ2) is 6.81. The van der Waals surface area contributed by atoms with Gasteiger partial charge in [0.25, 0.3) is 0 Å². The quantitative estimate of drug-likeness (QED) is 0.603. The Morgan fingerprint density at radius 2 is 1.33 bits per heavy atom. The van der Waals surface area contributed by atoms with Crippen LogP contribution in [0.25, 0.3) is 0 Å². The first-order valence-corrected chi connectivity index (χ1v) is 4.70. The average Bonchev–Trinajstić information content (AvgIpc) is 2.15. The monoisotopic (exact) mass is 212 g/mol. The Morgan fingerprint density at radius 1 is 1.00 bits per heavy atom. The highest BCUT2D eigenvalue weighted by atomic mass is 16.4. The zero-order valence-electron chi connectivity index (χ0n) is 8.56. The van der Waals surface area contributed by atoms with E-state index in [0.717, 1.165) is 0 Å². The molecule has 0 amide bonds. The molecule has 0 rings (SSSR count). The molecule has 0 aliphatic rings. The molecule has 4 heteroatoms. The fraction of sp³-hybridized carbons (Fsp3) is 0.455. The summed E-state index contributed by atoms with van der Waals surface area (Å²) in [7, 11) is 0. The minimum absolute atomic E-state index is 0.114. The number of rotatable bonds is 8. The van der Waals surface area contributed by atoms with Crippen LogP contribution in [0.4, 0.5) is 0 Å². The van der Waals surface area contributed by atoms with E-state index in [0.29, 0.717) is 0 Å². The molecule has 0 bridgehead atoms. The molecule has 0 spiro atoms. The lowest BCUT2D eigenvalue weighted by Crippen LogP contribution is -2.22. The van der Waals surface area contributed by atoms with Crippen LogP contribution < -0.4 is 0 Å². The third-order valence-electron chi connectivity index (χ3n) is 2.17. The maximum absolute atomic E-state index is 10.8. The maximum atomic E-state index is 10.8.